The van der Waals surface area contributed by atoms with Crippen LogP contribution in [0.4, 0.5) is 0 Å². The van der Waals surface area contributed by atoms with E-state index in [1.807, 2.05) is 0 Å². The maximum Gasteiger partial charge on any atom is 0.224 e. The lowest BCUT2D eigenvalue weighted by molar-refractivity contribution is -0.136. The number of nitrogens with zero attached hydrogens (tertiary/aromatic N) is 4. The van der Waals surface area contributed by atoms with Crippen LogP contribution in [0.2, 0.25) is 0 Å². The third-order valence-electron chi connectivity index (χ3n) is 4.09. The predicted molar refractivity (Wildman–Crippen MR) is 78.5 cm³/mol. The Labute approximate surface area is 129 Å². The number of hydrogen-bond acceptors (Lipinski definition) is 5. The summed E-state index contributed by atoms with van der Waals surface area (Å²) in [4.78, 5) is 14.2. The maximum atomic E-state index is 12.4. The molecular formula is C13H20N4O4S. The number of carbonyl (C=O) groups is 1. The molecule has 0 bridgehead atoms. The van der Waals surface area contributed by atoms with Gasteiger partial charge in [-0.2, -0.15) is 9.40 Å². The smallest absolute Gasteiger partial charge is 0.224 e. The van der Waals surface area contributed by atoms with Gasteiger partial charge >= 0.3 is 0 Å². The minimum atomic E-state index is -3.29. The Morgan fingerprint density at radius 2 is 2.14 bits per heavy atom. The van der Waals surface area contributed by atoms with E-state index < -0.39 is 10.0 Å². The molecule has 2 aliphatic heterocycles. The first-order valence-corrected chi connectivity index (χ1v) is 9.13. The van der Waals surface area contributed by atoms with Crippen molar-refractivity contribution in [1.82, 2.24) is 19.0 Å². The Morgan fingerprint density at radius 3 is 2.82 bits per heavy atom. The second-order valence-corrected chi connectivity index (χ2v) is 7.66. The van der Waals surface area contributed by atoms with Crippen molar-refractivity contribution >= 4 is 15.9 Å². The Hall–Kier alpha value is -1.45. The lowest BCUT2D eigenvalue weighted by atomic mass is 10.1. The normalized spacial score (nSPS) is 23.3. The maximum absolute atomic E-state index is 12.4. The van der Waals surface area contributed by atoms with Crippen molar-refractivity contribution in [2.75, 3.05) is 39.1 Å². The van der Waals surface area contributed by atoms with E-state index in [2.05, 4.69) is 5.10 Å². The zero-order valence-electron chi connectivity index (χ0n) is 12.5. The molecular weight excluding hydrogens is 308 g/mol. The zero-order chi connectivity index (χ0) is 15.7. The highest BCUT2D eigenvalue weighted by atomic mass is 32.2. The highest BCUT2D eigenvalue weighted by molar-refractivity contribution is 7.88. The van der Waals surface area contributed by atoms with Crippen LogP contribution in [0.25, 0.3) is 0 Å². The average molecular weight is 328 g/mol. The van der Waals surface area contributed by atoms with Crippen molar-refractivity contribution in [3.63, 3.8) is 0 Å². The highest BCUT2D eigenvalue weighted by Gasteiger charge is 2.32. The van der Waals surface area contributed by atoms with Crippen molar-refractivity contribution < 1.29 is 17.9 Å². The quantitative estimate of drug-likeness (QED) is 0.743. The molecule has 2 aliphatic rings. The first kappa shape index (κ1) is 15.4. The van der Waals surface area contributed by atoms with E-state index in [-0.39, 0.29) is 24.9 Å². The fraction of sp³-hybridized carbons (Fsp3) is 0.692. The molecule has 122 valence electrons. The van der Waals surface area contributed by atoms with Gasteiger partial charge in [0.2, 0.25) is 15.9 Å². The molecule has 1 aromatic heterocycles. The molecule has 1 amide bonds. The second-order valence-electron chi connectivity index (χ2n) is 5.67. The summed E-state index contributed by atoms with van der Waals surface area (Å²) in [5, 5.41) is 4.25. The van der Waals surface area contributed by atoms with Crippen LogP contribution in [0, 0.1) is 0 Å². The van der Waals surface area contributed by atoms with Gasteiger partial charge in [0.1, 0.15) is 0 Å². The van der Waals surface area contributed by atoms with Crippen molar-refractivity contribution in [3.05, 3.63) is 18.0 Å². The SMILES string of the molecule is CS(=O)(=O)N1Cc2ccnn2[C@H](CC(=O)N2CCOCC2)C1. The minimum absolute atomic E-state index is 0.0186. The Kier molecular flexibility index (Phi) is 4.20. The molecule has 3 rings (SSSR count). The van der Waals surface area contributed by atoms with Crippen LogP contribution in [0.1, 0.15) is 18.2 Å². The molecule has 1 aromatic rings. The molecule has 8 nitrogen and oxygen atoms in total. The molecule has 3 heterocycles. The highest BCUT2D eigenvalue weighted by Crippen LogP contribution is 2.25. The molecule has 0 aromatic carbocycles. The lowest BCUT2D eigenvalue weighted by Crippen LogP contribution is -2.45. The number of carbonyl (C=O) groups excluding carboxylic acids is 1. The van der Waals surface area contributed by atoms with E-state index in [1.54, 1.807) is 21.8 Å². The molecule has 0 saturated carbocycles. The monoisotopic (exact) mass is 328 g/mol. The van der Waals surface area contributed by atoms with Crippen LogP contribution in [0.15, 0.2) is 12.3 Å². The predicted octanol–water partition coefficient (Wildman–Crippen LogP) is -0.552. The molecule has 0 spiro atoms. The van der Waals surface area contributed by atoms with Gasteiger partial charge in [0.15, 0.2) is 0 Å². The van der Waals surface area contributed by atoms with Gasteiger partial charge in [-0.15, -0.1) is 0 Å². The summed E-state index contributed by atoms with van der Waals surface area (Å²) in [6, 6.07) is 1.53. The summed E-state index contributed by atoms with van der Waals surface area (Å²) < 4.78 is 32.1. The van der Waals surface area contributed by atoms with Gasteiger partial charge in [0.25, 0.3) is 0 Å². The molecule has 1 saturated heterocycles. The molecule has 1 fully saturated rings. The van der Waals surface area contributed by atoms with Crippen molar-refractivity contribution in [2.45, 2.75) is 19.0 Å². The molecule has 1 atom stereocenters. The van der Waals surface area contributed by atoms with Gasteiger partial charge in [-0.25, -0.2) is 8.42 Å². The van der Waals surface area contributed by atoms with Crippen LogP contribution >= 0.6 is 0 Å². The molecule has 0 N–H and O–H groups in total. The Bertz CT molecular complexity index is 651. The Morgan fingerprint density at radius 1 is 1.41 bits per heavy atom. The van der Waals surface area contributed by atoms with Gasteiger partial charge in [-0.1, -0.05) is 0 Å². The first-order chi connectivity index (χ1) is 10.4. The fourth-order valence-electron chi connectivity index (χ4n) is 2.90. The van der Waals surface area contributed by atoms with Crippen LogP contribution in [0.5, 0.6) is 0 Å². The first-order valence-electron chi connectivity index (χ1n) is 7.28. The van der Waals surface area contributed by atoms with Crippen molar-refractivity contribution in [1.29, 1.82) is 0 Å². The summed E-state index contributed by atoms with van der Waals surface area (Å²) in [5.41, 5.74) is 0.816. The number of sulfonamides is 1. The number of aromatic nitrogens is 2. The van der Waals surface area contributed by atoms with Gasteiger partial charge in [0, 0.05) is 25.8 Å². The van der Waals surface area contributed by atoms with E-state index >= 15 is 0 Å². The van der Waals surface area contributed by atoms with E-state index in [1.165, 1.54) is 10.6 Å². The van der Waals surface area contributed by atoms with Crippen molar-refractivity contribution in [2.24, 2.45) is 0 Å². The largest absolute Gasteiger partial charge is 0.378 e. The van der Waals surface area contributed by atoms with Gasteiger partial charge < -0.3 is 9.64 Å². The van der Waals surface area contributed by atoms with Crippen LogP contribution in [-0.2, 0) is 26.1 Å². The van der Waals surface area contributed by atoms with Gasteiger partial charge in [-0.05, 0) is 6.07 Å². The molecule has 22 heavy (non-hydrogen) atoms. The van der Waals surface area contributed by atoms with E-state index in [4.69, 9.17) is 4.74 Å². The van der Waals surface area contributed by atoms with Gasteiger partial charge in [-0.3, -0.25) is 9.48 Å². The number of rotatable bonds is 3. The average Bonchev–Trinajstić information content (AvgIpc) is 2.96. The second kappa shape index (κ2) is 5.98. The number of morpholine rings is 1. The Balaban J connectivity index is 1.76. The molecule has 9 heteroatoms. The number of ether oxygens (including phenoxy) is 1. The number of hydrogen-bond donors (Lipinski definition) is 0. The minimum Gasteiger partial charge on any atom is -0.378 e. The summed E-state index contributed by atoms with van der Waals surface area (Å²) in [5.74, 6) is 0.0186. The molecule has 0 unspecified atom stereocenters. The number of amides is 1. The lowest BCUT2D eigenvalue weighted by Gasteiger charge is -2.34. The standard InChI is InChI=1S/C13H20N4O4S/c1-22(19,20)16-9-11-2-3-14-17(11)12(10-16)8-13(18)15-4-6-21-7-5-15/h2-3,12H,4-10H2,1H3/t12-/m1/s1. The third-order valence-corrected chi connectivity index (χ3v) is 5.31. The van der Waals surface area contributed by atoms with E-state index in [0.717, 1.165) is 5.69 Å². The van der Waals surface area contributed by atoms with Crippen LogP contribution < -0.4 is 0 Å². The van der Waals surface area contributed by atoms with E-state index in [0.29, 0.717) is 32.8 Å². The molecule has 0 radical (unpaired) electrons. The van der Waals surface area contributed by atoms with E-state index in [9.17, 15) is 13.2 Å². The summed E-state index contributed by atoms with van der Waals surface area (Å²) in [7, 11) is -3.29. The summed E-state index contributed by atoms with van der Waals surface area (Å²) in [6.45, 7) is 2.88. The van der Waals surface area contributed by atoms with Crippen LogP contribution in [-0.4, -0.2) is 72.4 Å². The number of fused-ring (bicyclic) bond motifs is 1. The third kappa shape index (κ3) is 3.16. The topological polar surface area (TPSA) is 84.7 Å². The summed E-state index contributed by atoms with van der Waals surface area (Å²) in [6.07, 6.45) is 3.09. The van der Waals surface area contributed by atoms with Gasteiger partial charge in [0.05, 0.1) is 44.2 Å². The van der Waals surface area contributed by atoms with Crippen LogP contribution in [0.3, 0.4) is 0 Å². The fourth-order valence-corrected chi connectivity index (χ4v) is 3.71. The summed E-state index contributed by atoms with van der Waals surface area (Å²) >= 11 is 0. The molecule has 0 aliphatic carbocycles. The zero-order valence-corrected chi connectivity index (χ0v) is 13.3. The van der Waals surface area contributed by atoms with Crippen molar-refractivity contribution in [3.8, 4) is 0 Å².